The van der Waals surface area contributed by atoms with Gasteiger partial charge in [0.1, 0.15) is 11.6 Å². The second-order valence-corrected chi connectivity index (χ2v) is 11.2. The third-order valence-corrected chi connectivity index (χ3v) is 8.11. The molecule has 226 valence electrons. The number of nitrogens with zero attached hydrogens (tertiary/aromatic N) is 5. The highest BCUT2D eigenvalue weighted by molar-refractivity contribution is 7.99. The fraction of sp³-hybridized carbons (Fsp3) is 0.194. The number of unbranched alkanes of at least 4 members (excludes halogenated alkanes) is 1. The highest BCUT2D eigenvalue weighted by Crippen LogP contribution is 2.33. The van der Waals surface area contributed by atoms with E-state index in [1.54, 1.807) is 42.5 Å². The summed E-state index contributed by atoms with van der Waals surface area (Å²) in [6, 6.07) is 22.3. The Balaban J connectivity index is 1.50. The van der Waals surface area contributed by atoms with Crippen molar-refractivity contribution in [3.63, 3.8) is 0 Å². The summed E-state index contributed by atoms with van der Waals surface area (Å²) in [7, 11) is 0. The number of thioether (sulfide) groups is 1. The van der Waals surface area contributed by atoms with Crippen LogP contribution < -0.4 is 21.9 Å². The van der Waals surface area contributed by atoms with E-state index in [-0.39, 0.29) is 41.2 Å². The number of H-pyrrole nitrogens is 1. The number of carbonyl (C=O) groups is 1. The third-order valence-electron chi connectivity index (χ3n) is 6.87. The summed E-state index contributed by atoms with van der Waals surface area (Å²) in [6.45, 7) is 2.25. The number of halogens is 2. The van der Waals surface area contributed by atoms with E-state index in [2.05, 4.69) is 15.2 Å². The van der Waals surface area contributed by atoms with Crippen LogP contribution in [0.3, 0.4) is 0 Å². The van der Waals surface area contributed by atoms with Crippen LogP contribution in [-0.2, 0) is 11.3 Å². The molecule has 0 unspecified atom stereocenters. The molecule has 1 amide bonds. The lowest BCUT2D eigenvalue weighted by molar-refractivity contribution is -0.116. The summed E-state index contributed by atoms with van der Waals surface area (Å²) in [5.41, 5.74) is 6.37. The minimum absolute atomic E-state index is 0.105. The molecule has 0 spiro atoms. The molecular formula is C31H29ClFN7O3S. The van der Waals surface area contributed by atoms with Crippen LogP contribution in [0.5, 0.6) is 0 Å². The van der Waals surface area contributed by atoms with Gasteiger partial charge in [0.2, 0.25) is 5.91 Å². The Labute approximate surface area is 261 Å². The number of benzene rings is 3. The summed E-state index contributed by atoms with van der Waals surface area (Å²) in [6.07, 6.45) is 1.32. The Kier molecular flexibility index (Phi) is 9.61. The van der Waals surface area contributed by atoms with Crippen molar-refractivity contribution in [3.8, 4) is 17.1 Å². The molecule has 13 heteroatoms. The Morgan fingerprint density at radius 3 is 2.45 bits per heavy atom. The van der Waals surface area contributed by atoms with E-state index < -0.39 is 23.0 Å². The van der Waals surface area contributed by atoms with E-state index in [0.717, 1.165) is 23.7 Å². The van der Waals surface area contributed by atoms with Crippen molar-refractivity contribution < 1.29 is 9.18 Å². The number of nitrogen functional groups attached to an aromatic ring is 1. The monoisotopic (exact) mass is 633 g/mol. The van der Waals surface area contributed by atoms with Crippen molar-refractivity contribution >= 4 is 40.8 Å². The van der Waals surface area contributed by atoms with Crippen LogP contribution >= 0.6 is 23.4 Å². The van der Waals surface area contributed by atoms with Crippen molar-refractivity contribution in [3.05, 3.63) is 116 Å². The van der Waals surface area contributed by atoms with E-state index in [0.29, 0.717) is 22.8 Å². The van der Waals surface area contributed by atoms with E-state index in [9.17, 15) is 14.4 Å². The second kappa shape index (κ2) is 13.7. The van der Waals surface area contributed by atoms with Gasteiger partial charge in [-0.1, -0.05) is 91.3 Å². The van der Waals surface area contributed by atoms with Gasteiger partial charge in [-0.15, -0.1) is 10.2 Å². The number of aromatic nitrogens is 5. The molecule has 10 nitrogen and oxygen atoms in total. The zero-order valence-electron chi connectivity index (χ0n) is 23.7. The minimum atomic E-state index is -0.762. The molecule has 0 aliphatic carbocycles. The van der Waals surface area contributed by atoms with Crippen molar-refractivity contribution in [1.29, 1.82) is 0 Å². The summed E-state index contributed by atoms with van der Waals surface area (Å²) in [4.78, 5) is 43.2. The Morgan fingerprint density at radius 1 is 1.02 bits per heavy atom. The number of nitrogens with one attached hydrogen (secondary N) is 1. The molecule has 0 aliphatic heterocycles. The van der Waals surface area contributed by atoms with Gasteiger partial charge in [0.25, 0.3) is 5.56 Å². The highest BCUT2D eigenvalue weighted by atomic mass is 35.5. The summed E-state index contributed by atoms with van der Waals surface area (Å²) in [5, 5.41) is 9.19. The molecule has 0 saturated heterocycles. The van der Waals surface area contributed by atoms with E-state index >= 15 is 4.39 Å². The highest BCUT2D eigenvalue weighted by Gasteiger charge is 2.26. The number of para-hydroxylation sites is 1. The second-order valence-electron chi connectivity index (χ2n) is 9.83. The van der Waals surface area contributed by atoms with Crippen molar-refractivity contribution in [1.82, 2.24) is 24.3 Å². The van der Waals surface area contributed by atoms with Gasteiger partial charge in [0.05, 0.1) is 23.0 Å². The van der Waals surface area contributed by atoms with Gasteiger partial charge < -0.3 is 10.6 Å². The number of hydrogen-bond donors (Lipinski definition) is 2. The van der Waals surface area contributed by atoms with Crippen molar-refractivity contribution in [2.24, 2.45) is 0 Å². The Morgan fingerprint density at radius 2 is 1.73 bits per heavy atom. The van der Waals surface area contributed by atoms with Gasteiger partial charge >= 0.3 is 5.69 Å². The third kappa shape index (κ3) is 6.46. The molecule has 0 radical (unpaired) electrons. The molecule has 0 atom stereocenters. The van der Waals surface area contributed by atoms with Crippen LogP contribution in [0.2, 0.25) is 5.02 Å². The number of nitrogens with two attached hydrogens (primary N) is 1. The molecular weight excluding hydrogens is 605 g/mol. The quantitative estimate of drug-likeness (QED) is 0.193. The summed E-state index contributed by atoms with van der Waals surface area (Å²) in [5.74, 6) is -0.971. The molecule has 44 heavy (non-hydrogen) atoms. The van der Waals surface area contributed by atoms with Gasteiger partial charge in [-0.3, -0.25) is 23.7 Å². The summed E-state index contributed by atoms with van der Waals surface area (Å²) < 4.78 is 17.8. The average molecular weight is 634 g/mol. The maximum Gasteiger partial charge on any atom is 0.330 e. The molecule has 3 aromatic carbocycles. The van der Waals surface area contributed by atoms with Gasteiger partial charge in [-0.25, -0.2) is 9.18 Å². The number of aromatic amines is 1. The Bertz CT molecular complexity index is 1910. The number of rotatable bonds is 11. The first-order chi connectivity index (χ1) is 21.3. The van der Waals surface area contributed by atoms with Gasteiger partial charge in [-0.05, 0) is 36.2 Å². The summed E-state index contributed by atoms with van der Waals surface area (Å²) >= 11 is 7.47. The number of amides is 1. The minimum Gasteiger partial charge on any atom is -0.383 e. The fourth-order valence-corrected chi connectivity index (χ4v) is 5.71. The van der Waals surface area contributed by atoms with Crippen LogP contribution in [0.25, 0.3) is 17.1 Å². The van der Waals surface area contributed by atoms with Crippen LogP contribution in [-0.4, -0.2) is 42.5 Å². The predicted molar refractivity (Wildman–Crippen MR) is 171 cm³/mol. The number of hydrogen-bond acceptors (Lipinski definition) is 7. The molecule has 2 heterocycles. The smallest absolute Gasteiger partial charge is 0.330 e. The molecule has 5 aromatic rings. The fourth-order valence-electron chi connectivity index (χ4n) is 4.67. The maximum atomic E-state index is 15.1. The zero-order valence-corrected chi connectivity index (χ0v) is 25.3. The normalized spacial score (nSPS) is 11.1. The number of carbonyl (C=O) groups excluding carboxylic acids is 1. The Hall–Kier alpha value is -4.68. The lowest BCUT2D eigenvalue weighted by Crippen LogP contribution is -2.42. The zero-order chi connectivity index (χ0) is 31.2. The lowest BCUT2D eigenvalue weighted by Gasteiger charge is -2.24. The van der Waals surface area contributed by atoms with E-state index in [4.69, 9.17) is 17.3 Å². The standard InChI is InChI=1S/C31H29ClFN7O3S/c1-2-3-17-38(26-27(34)39(30(43)35-29(26)42)18-20-11-5-4-6-12-20)25(41)19-44-31-37-36-28(21-13-7-8-14-22(21)32)40(31)24-16-10-9-15-23(24)33/h4-16H,2-3,17-19,34H2,1H3,(H,35,42,43). The molecule has 3 N–H and O–H groups in total. The molecule has 0 fully saturated rings. The van der Waals surface area contributed by atoms with Crippen LogP contribution in [0.15, 0.2) is 93.6 Å². The average Bonchev–Trinajstić information content (AvgIpc) is 3.44. The first kappa shape index (κ1) is 30.8. The maximum absolute atomic E-state index is 15.1. The van der Waals surface area contributed by atoms with Gasteiger partial charge in [0, 0.05) is 12.1 Å². The van der Waals surface area contributed by atoms with Crippen molar-refractivity contribution in [2.75, 3.05) is 22.9 Å². The SMILES string of the molecule is CCCCN(C(=O)CSc1nnc(-c2ccccc2Cl)n1-c1ccccc1F)c1c(N)n(Cc2ccccc2)c(=O)[nH]c1=O. The van der Waals surface area contributed by atoms with Gasteiger partial charge in [0.15, 0.2) is 16.7 Å². The number of anilines is 2. The van der Waals surface area contributed by atoms with Crippen LogP contribution in [0.4, 0.5) is 15.9 Å². The van der Waals surface area contributed by atoms with Crippen LogP contribution in [0.1, 0.15) is 25.3 Å². The van der Waals surface area contributed by atoms with Crippen molar-refractivity contribution in [2.45, 2.75) is 31.5 Å². The largest absolute Gasteiger partial charge is 0.383 e. The van der Waals surface area contributed by atoms with E-state index in [1.807, 2.05) is 37.3 Å². The van der Waals surface area contributed by atoms with E-state index in [1.165, 1.54) is 20.1 Å². The molecule has 0 bridgehead atoms. The lowest BCUT2D eigenvalue weighted by atomic mass is 10.2. The predicted octanol–water partition coefficient (Wildman–Crippen LogP) is 5.13. The molecule has 0 aliphatic rings. The van der Waals surface area contributed by atoms with Crippen LogP contribution in [0, 0.1) is 5.82 Å². The molecule has 0 saturated carbocycles. The molecule has 2 aromatic heterocycles. The molecule has 5 rings (SSSR count). The van der Waals surface area contributed by atoms with Gasteiger partial charge in [-0.2, -0.15) is 0 Å². The first-order valence-corrected chi connectivity index (χ1v) is 15.2. The topological polar surface area (TPSA) is 132 Å². The first-order valence-electron chi connectivity index (χ1n) is 13.8.